The average Bonchev–Trinajstić information content (AvgIpc) is 3.06. The van der Waals surface area contributed by atoms with Crippen molar-refractivity contribution in [3.8, 4) is 0 Å². The van der Waals surface area contributed by atoms with E-state index in [2.05, 4.69) is 4.98 Å². The van der Waals surface area contributed by atoms with Gasteiger partial charge in [0.1, 0.15) is 0 Å². The van der Waals surface area contributed by atoms with Crippen LogP contribution in [0.2, 0.25) is 0 Å². The van der Waals surface area contributed by atoms with E-state index < -0.39 is 0 Å². The molecule has 3 rings (SSSR count). The number of nitrogens with two attached hydrogens (primary N) is 1. The zero-order valence-corrected chi connectivity index (χ0v) is 9.04. The first-order chi connectivity index (χ1) is 7.77. The zero-order chi connectivity index (χ0) is 11.1. The highest BCUT2D eigenvalue weighted by atomic mass is 16.2. The highest BCUT2D eigenvalue weighted by Crippen LogP contribution is 2.40. The minimum Gasteiger partial charge on any atom is -0.331 e. The Kier molecular flexibility index (Phi) is 2.17. The molecule has 1 aromatic rings. The van der Waals surface area contributed by atoms with Crippen LogP contribution in [0.4, 0.5) is 0 Å². The van der Waals surface area contributed by atoms with Gasteiger partial charge in [-0.25, -0.2) is 0 Å². The number of carbonyl (C=O) groups is 1. The highest BCUT2D eigenvalue weighted by Gasteiger charge is 2.45. The van der Waals surface area contributed by atoms with E-state index in [4.69, 9.17) is 5.73 Å². The van der Waals surface area contributed by atoms with E-state index in [1.54, 1.807) is 6.20 Å². The van der Waals surface area contributed by atoms with Crippen molar-refractivity contribution >= 4 is 5.91 Å². The van der Waals surface area contributed by atoms with E-state index in [1.807, 2.05) is 23.2 Å². The molecule has 2 atom stereocenters. The standard InChI is InChI=1S/C12H15N3O/c13-10-6-11(16)15(9-3-4-9)12(10)8-2-1-5-14-7-8/h1-2,5,7,9-10,12H,3-4,6,13H2/t10-,12+/m1/s1. The molecule has 0 bridgehead atoms. The molecule has 84 valence electrons. The zero-order valence-electron chi connectivity index (χ0n) is 9.04. The minimum absolute atomic E-state index is 0.0358. The second-order valence-electron chi connectivity index (χ2n) is 4.63. The van der Waals surface area contributed by atoms with Gasteiger partial charge < -0.3 is 10.6 Å². The summed E-state index contributed by atoms with van der Waals surface area (Å²) in [6.07, 6.45) is 6.27. The van der Waals surface area contributed by atoms with Gasteiger partial charge in [0.25, 0.3) is 0 Å². The summed E-state index contributed by atoms with van der Waals surface area (Å²) in [6, 6.07) is 4.28. The van der Waals surface area contributed by atoms with E-state index in [0.717, 1.165) is 18.4 Å². The molecule has 16 heavy (non-hydrogen) atoms. The maximum atomic E-state index is 11.9. The summed E-state index contributed by atoms with van der Waals surface area (Å²) < 4.78 is 0. The van der Waals surface area contributed by atoms with Crippen molar-refractivity contribution in [2.45, 2.75) is 37.4 Å². The van der Waals surface area contributed by atoms with E-state index in [1.165, 1.54) is 0 Å². The number of amides is 1. The van der Waals surface area contributed by atoms with Crippen LogP contribution in [0.25, 0.3) is 0 Å². The fourth-order valence-electron chi connectivity index (χ4n) is 2.52. The van der Waals surface area contributed by atoms with Crippen molar-refractivity contribution in [3.05, 3.63) is 30.1 Å². The predicted octanol–water partition coefficient (Wildman–Crippen LogP) is 0.845. The van der Waals surface area contributed by atoms with Gasteiger partial charge >= 0.3 is 0 Å². The summed E-state index contributed by atoms with van der Waals surface area (Å²) in [6.45, 7) is 0. The number of hydrogen-bond donors (Lipinski definition) is 1. The molecular weight excluding hydrogens is 202 g/mol. The van der Waals surface area contributed by atoms with Gasteiger partial charge in [0, 0.05) is 30.9 Å². The summed E-state index contributed by atoms with van der Waals surface area (Å²) in [4.78, 5) is 18.0. The number of hydrogen-bond acceptors (Lipinski definition) is 3. The normalized spacial score (nSPS) is 29.8. The monoisotopic (exact) mass is 217 g/mol. The minimum atomic E-state index is -0.0858. The van der Waals surface area contributed by atoms with Crippen molar-refractivity contribution in [2.24, 2.45) is 5.73 Å². The van der Waals surface area contributed by atoms with Crippen LogP contribution in [0.15, 0.2) is 24.5 Å². The number of rotatable bonds is 2. The molecule has 1 saturated carbocycles. The van der Waals surface area contributed by atoms with E-state index in [0.29, 0.717) is 12.5 Å². The number of nitrogens with zero attached hydrogens (tertiary/aromatic N) is 2. The van der Waals surface area contributed by atoms with Crippen molar-refractivity contribution in [1.82, 2.24) is 9.88 Å². The Labute approximate surface area is 94.5 Å². The third-order valence-electron chi connectivity index (χ3n) is 3.37. The van der Waals surface area contributed by atoms with Crippen LogP contribution < -0.4 is 5.73 Å². The summed E-state index contributed by atoms with van der Waals surface area (Å²) >= 11 is 0. The fourth-order valence-corrected chi connectivity index (χ4v) is 2.52. The summed E-state index contributed by atoms with van der Waals surface area (Å²) in [5.41, 5.74) is 7.13. The van der Waals surface area contributed by atoms with Crippen molar-refractivity contribution in [1.29, 1.82) is 0 Å². The maximum absolute atomic E-state index is 11.9. The van der Waals surface area contributed by atoms with Gasteiger partial charge in [0.2, 0.25) is 5.91 Å². The molecule has 1 aliphatic carbocycles. The van der Waals surface area contributed by atoms with Gasteiger partial charge in [0.05, 0.1) is 6.04 Å². The molecule has 2 aliphatic rings. The van der Waals surface area contributed by atoms with Gasteiger partial charge in [-0.3, -0.25) is 9.78 Å². The summed E-state index contributed by atoms with van der Waals surface area (Å²) in [7, 11) is 0. The van der Waals surface area contributed by atoms with Crippen molar-refractivity contribution in [3.63, 3.8) is 0 Å². The largest absolute Gasteiger partial charge is 0.331 e. The Hall–Kier alpha value is -1.42. The molecule has 4 heteroatoms. The summed E-state index contributed by atoms with van der Waals surface area (Å²) in [5, 5.41) is 0. The SMILES string of the molecule is N[C@@H]1CC(=O)N(C2CC2)[C@H]1c1cccnc1. The smallest absolute Gasteiger partial charge is 0.225 e. The number of aromatic nitrogens is 1. The van der Waals surface area contributed by atoms with E-state index >= 15 is 0 Å². The lowest BCUT2D eigenvalue weighted by molar-refractivity contribution is -0.129. The molecule has 2 fully saturated rings. The van der Waals surface area contributed by atoms with E-state index in [9.17, 15) is 4.79 Å². The lowest BCUT2D eigenvalue weighted by Crippen LogP contribution is -2.34. The van der Waals surface area contributed by atoms with Crippen LogP contribution in [0.1, 0.15) is 30.9 Å². The quantitative estimate of drug-likeness (QED) is 0.798. The second-order valence-corrected chi connectivity index (χ2v) is 4.63. The van der Waals surface area contributed by atoms with Gasteiger partial charge in [0.15, 0.2) is 0 Å². The van der Waals surface area contributed by atoms with Crippen molar-refractivity contribution in [2.75, 3.05) is 0 Å². The first-order valence-corrected chi connectivity index (χ1v) is 5.74. The third-order valence-corrected chi connectivity index (χ3v) is 3.37. The number of likely N-dealkylation sites (tertiary alicyclic amines) is 1. The number of carbonyl (C=O) groups excluding carboxylic acids is 1. The topological polar surface area (TPSA) is 59.2 Å². The molecule has 0 radical (unpaired) electrons. The number of pyridine rings is 1. The predicted molar refractivity (Wildman–Crippen MR) is 59.4 cm³/mol. The molecule has 1 aliphatic heterocycles. The Morgan fingerprint density at radius 3 is 2.88 bits per heavy atom. The van der Waals surface area contributed by atoms with E-state index in [-0.39, 0.29) is 18.0 Å². The Morgan fingerprint density at radius 2 is 2.25 bits per heavy atom. The summed E-state index contributed by atoms with van der Waals surface area (Å²) in [5.74, 6) is 0.198. The third kappa shape index (κ3) is 1.50. The van der Waals surface area contributed by atoms with Crippen LogP contribution in [-0.2, 0) is 4.79 Å². The van der Waals surface area contributed by atoms with Crippen molar-refractivity contribution < 1.29 is 4.79 Å². The van der Waals surface area contributed by atoms with Crippen LogP contribution in [-0.4, -0.2) is 27.9 Å². The Balaban J connectivity index is 1.94. The maximum Gasteiger partial charge on any atom is 0.225 e. The molecule has 2 N–H and O–H groups in total. The molecular formula is C12H15N3O. The molecule has 1 aromatic heterocycles. The first kappa shape index (κ1) is 9.78. The average molecular weight is 217 g/mol. The molecule has 0 unspecified atom stereocenters. The van der Waals surface area contributed by atoms with Gasteiger partial charge in [-0.05, 0) is 24.5 Å². The van der Waals surface area contributed by atoms with Crippen LogP contribution in [0.5, 0.6) is 0 Å². The fraction of sp³-hybridized carbons (Fsp3) is 0.500. The lowest BCUT2D eigenvalue weighted by Gasteiger charge is -2.26. The molecule has 0 spiro atoms. The molecule has 2 heterocycles. The van der Waals surface area contributed by atoms with Crippen LogP contribution in [0.3, 0.4) is 0 Å². The molecule has 0 aromatic carbocycles. The molecule has 1 amide bonds. The van der Waals surface area contributed by atoms with Gasteiger partial charge in [-0.2, -0.15) is 0 Å². The Morgan fingerprint density at radius 1 is 1.44 bits per heavy atom. The first-order valence-electron chi connectivity index (χ1n) is 5.74. The molecule has 1 saturated heterocycles. The highest BCUT2D eigenvalue weighted by molar-refractivity contribution is 5.81. The van der Waals surface area contributed by atoms with Gasteiger partial charge in [-0.1, -0.05) is 6.07 Å². The lowest BCUT2D eigenvalue weighted by atomic mass is 10.0. The second kappa shape index (κ2) is 3.56. The van der Waals surface area contributed by atoms with Gasteiger partial charge in [-0.15, -0.1) is 0 Å². The Bertz CT molecular complexity index is 402. The van der Waals surface area contributed by atoms with Crippen LogP contribution >= 0.6 is 0 Å². The molecule has 4 nitrogen and oxygen atoms in total. The van der Waals surface area contributed by atoms with Crippen LogP contribution in [0, 0.1) is 0 Å².